The number of hydrogen-bond donors (Lipinski definition) is 3. The first-order valence-corrected chi connectivity index (χ1v) is 11.3. The fraction of sp³-hybridized carbons (Fsp3) is 0.391. The van der Waals surface area contributed by atoms with Gasteiger partial charge < -0.3 is 25.0 Å². The Labute approximate surface area is 194 Å². The Kier molecular flexibility index (Phi) is 4.96. The van der Waals surface area contributed by atoms with Crippen molar-refractivity contribution in [1.29, 1.82) is 0 Å². The highest BCUT2D eigenvalue weighted by Crippen LogP contribution is 2.36. The first-order valence-electron chi connectivity index (χ1n) is 11.3. The lowest BCUT2D eigenvalue weighted by atomic mass is 9.90. The third-order valence-electron chi connectivity index (χ3n) is 6.73. The lowest BCUT2D eigenvalue weighted by molar-refractivity contribution is 0.0826. The summed E-state index contributed by atoms with van der Waals surface area (Å²) in [7, 11) is 1.76. The number of anilines is 1. The molecular formula is C23H24FN7O3. The van der Waals surface area contributed by atoms with Crippen LogP contribution in [0.25, 0.3) is 28.3 Å². The number of carbonyl (C=O) groups is 1. The zero-order valence-corrected chi connectivity index (χ0v) is 18.5. The summed E-state index contributed by atoms with van der Waals surface area (Å²) in [6, 6.07) is 5.00. The number of nitrogens with one attached hydrogen (secondary N) is 2. The summed E-state index contributed by atoms with van der Waals surface area (Å²) in [6.07, 6.45) is 4.54. The van der Waals surface area contributed by atoms with Crippen molar-refractivity contribution < 1.29 is 19.0 Å². The molecule has 1 amide bonds. The second-order valence-corrected chi connectivity index (χ2v) is 8.74. The maximum absolute atomic E-state index is 13.7. The van der Waals surface area contributed by atoms with Crippen LogP contribution in [0, 0.1) is 0 Å². The molecule has 2 fully saturated rings. The minimum Gasteiger partial charge on any atom is -0.388 e. The van der Waals surface area contributed by atoms with Gasteiger partial charge in [0.25, 0.3) is 5.91 Å². The summed E-state index contributed by atoms with van der Waals surface area (Å²) >= 11 is 0. The third-order valence-corrected chi connectivity index (χ3v) is 6.73. The molecule has 1 saturated carbocycles. The molecule has 0 bridgehead atoms. The minimum atomic E-state index is -1.01. The lowest BCUT2D eigenvalue weighted by Crippen LogP contribution is -2.48. The van der Waals surface area contributed by atoms with Crippen molar-refractivity contribution in [3.63, 3.8) is 0 Å². The van der Waals surface area contributed by atoms with Crippen molar-refractivity contribution in [2.75, 3.05) is 25.6 Å². The van der Waals surface area contributed by atoms with E-state index in [9.17, 15) is 14.3 Å². The fourth-order valence-electron chi connectivity index (χ4n) is 4.63. The number of aliphatic hydroxyl groups is 1. The Balaban J connectivity index is 1.41. The molecule has 34 heavy (non-hydrogen) atoms. The maximum Gasteiger partial charge on any atom is 0.257 e. The van der Waals surface area contributed by atoms with Crippen molar-refractivity contribution in [2.24, 2.45) is 0 Å². The molecule has 2 aromatic heterocycles. The number of aromatic nitrogens is 5. The van der Waals surface area contributed by atoms with Crippen LogP contribution in [0.4, 0.5) is 10.2 Å². The van der Waals surface area contributed by atoms with Crippen molar-refractivity contribution in [1.82, 2.24) is 29.5 Å². The van der Waals surface area contributed by atoms with Crippen LogP contribution < -0.4 is 10.6 Å². The van der Waals surface area contributed by atoms with Crippen molar-refractivity contribution in [3.8, 4) is 22.6 Å². The molecule has 0 unspecified atom stereocenters. The molecule has 1 aliphatic carbocycles. The van der Waals surface area contributed by atoms with Gasteiger partial charge in [-0.05, 0) is 25.0 Å². The molecular weight excluding hydrogens is 441 g/mol. The van der Waals surface area contributed by atoms with Gasteiger partial charge in [0, 0.05) is 36.6 Å². The number of pyridine rings is 1. The van der Waals surface area contributed by atoms with Crippen LogP contribution >= 0.6 is 0 Å². The van der Waals surface area contributed by atoms with Crippen LogP contribution in [0.15, 0.2) is 36.8 Å². The predicted octanol–water partition coefficient (Wildman–Crippen LogP) is 1.90. The number of hydrogen-bond acceptors (Lipinski definition) is 7. The molecule has 11 heteroatoms. The second-order valence-electron chi connectivity index (χ2n) is 8.74. The smallest absolute Gasteiger partial charge is 0.257 e. The van der Waals surface area contributed by atoms with Gasteiger partial charge in [-0.3, -0.25) is 4.79 Å². The third kappa shape index (κ3) is 3.23. The number of amides is 1. The van der Waals surface area contributed by atoms with E-state index in [2.05, 4.69) is 20.7 Å². The fourth-order valence-corrected chi connectivity index (χ4v) is 4.63. The van der Waals surface area contributed by atoms with E-state index in [1.807, 2.05) is 29.0 Å². The number of fused-ring (bicyclic) bond motifs is 2. The number of aliphatic hydroxyl groups excluding tert-OH is 1. The highest BCUT2D eigenvalue weighted by molar-refractivity contribution is 6.00. The lowest BCUT2D eigenvalue weighted by Gasteiger charge is -2.30. The molecule has 10 nitrogen and oxygen atoms in total. The predicted molar refractivity (Wildman–Crippen MR) is 122 cm³/mol. The molecule has 5 heterocycles. The number of ether oxygens (including phenoxy) is 1. The molecule has 3 N–H and O–H groups in total. The average Bonchev–Trinajstić information content (AvgIpc) is 3.58. The quantitative estimate of drug-likeness (QED) is 0.412. The molecule has 0 aromatic carbocycles. The minimum absolute atomic E-state index is 0.217. The summed E-state index contributed by atoms with van der Waals surface area (Å²) in [6.45, 7) is 0.706. The summed E-state index contributed by atoms with van der Waals surface area (Å²) in [5.41, 5.74) is 2.91. The molecule has 3 aliphatic heterocycles. The zero-order valence-electron chi connectivity index (χ0n) is 18.5. The van der Waals surface area contributed by atoms with Crippen LogP contribution in [0.1, 0.15) is 29.2 Å². The van der Waals surface area contributed by atoms with Gasteiger partial charge in [0.05, 0.1) is 37.2 Å². The number of alkyl halides is 1. The van der Waals surface area contributed by atoms with Crippen molar-refractivity contribution >= 4 is 17.4 Å². The van der Waals surface area contributed by atoms with E-state index in [0.29, 0.717) is 49.0 Å². The van der Waals surface area contributed by atoms with Gasteiger partial charge in [0.1, 0.15) is 29.5 Å². The van der Waals surface area contributed by atoms with Crippen LogP contribution in [0.2, 0.25) is 0 Å². The number of carbonyl (C=O) groups excluding carboxylic acids is 1. The highest BCUT2D eigenvalue weighted by Gasteiger charge is 2.33. The molecule has 176 valence electrons. The maximum atomic E-state index is 13.7. The molecule has 4 atom stereocenters. The van der Waals surface area contributed by atoms with Crippen LogP contribution in [0.5, 0.6) is 0 Å². The Hall–Kier alpha value is -3.57. The SMILES string of the molecule is CNc1cc(-c2cnc3n([C@H]4COC[C@@H]4O)cccc2-3)nc2c(C(=O)N[C@@H]3CC[C@H]3F)cnn12. The van der Waals surface area contributed by atoms with E-state index in [4.69, 9.17) is 9.72 Å². The topological polar surface area (TPSA) is 119 Å². The number of rotatable bonds is 5. The molecule has 4 aliphatic rings. The summed E-state index contributed by atoms with van der Waals surface area (Å²) < 4.78 is 22.6. The van der Waals surface area contributed by atoms with Gasteiger partial charge in [0.2, 0.25) is 0 Å². The number of halogens is 1. The van der Waals surface area contributed by atoms with E-state index in [0.717, 1.165) is 11.1 Å². The molecule has 2 aromatic rings. The van der Waals surface area contributed by atoms with Gasteiger partial charge in [-0.1, -0.05) is 0 Å². The van der Waals surface area contributed by atoms with E-state index >= 15 is 0 Å². The normalized spacial score (nSPS) is 24.4. The second kappa shape index (κ2) is 8.03. The first kappa shape index (κ1) is 21.0. The van der Waals surface area contributed by atoms with Crippen molar-refractivity contribution in [3.05, 3.63) is 42.4 Å². The molecule has 0 spiro atoms. The van der Waals surface area contributed by atoms with E-state index in [1.165, 1.54) is 6.20 Å². The summed E-state index contributed by atoms with van der Waals surface area (Å²) in [5.74, 6) is 0.960. The summed E-state index contributed by atoms with van der Waals surface area (Å²) in [5, 5.41) is 20.5. The van der Waals surface area contributed by atoms with E-state index in [1.54, 1.807) is 17.8 Å². The van der Waals surface area contributed by atoms with E-state index in [-0.39, 0.29) is 11.6 Å². The molecule has 0 radical (unpaired) electrons. The summed E-state index contributed by atoms with van der Waals surface area (Å²) in [4.78, 5) is 22.2. The van der Waals surface area contributed by atoms with E-state index < -0.39 is 24.2 Å². The van der Waals surface area contributed by atoms with Gasteiger partial charge in [-0.2, -0.15) is 9.61 Å². The largest absolute Gasteiger partial charge is 0.388 e. The van der Waals surface area contributed by atoms with Gasteiger partial charge in [-0.25, -0.2) is 14.4 Å². The van der Waals surface area contributed by atoms with Crippen molar-refractivity contribution in [2.45, 2.75) is 37.2 Å². The highest BCUT2D eigenvalue weighted by atomic mass is 19.1. The van der Waals surface area contributed by atoms with Crippen LogP contribution in [-0.2, 0) is 4.74 Å². The Bertz CT molecular complexity index is 1350. The average molecular weight is 465 g/mol. The van der Waals surface area contributed by atoms with Crippen LogP contribution in [-0.4, -0.2) is 73.7 Å². The monoisotopic (exact) mass is 465 g/mol. The molecule has 1 saturated heterocycles. The standard InChI is InChI=1S/C23H24FN7O3/c1-25-20-7-17(28-22-14(9-27-31(20)22)23(33)29-16-5-4-15(16)24)13-8-26-21-12(13)3-2-6-30(21)18-10-34-11-19(18)32/h2-3,6-9,15-16,18-19,25,32H,4-5,10-11H2,1H3,(H,29,33)/t15-,16-,18+,19+/m1/s1. The Morgan fingerprint density at radius 3 is 2.85 bits per heavy atom. The zero-order chi connectivity index (χ0) is 23.4. The number of nitrogens with zero attached hydrogens (tertiary/aromatic N) is 5. The Morgan fingerprint density at radius 1 is 1.26 bits per heavy atom. The molecule has 6 rings (SSSR count). The Morgan fingerprint density at radius 2 is 2.15 bits per heavy atom. The van der Waals surface area contributed by atoms with Gasteiger partial charge >= 0.3 is 0 Å². The van der Waals surface area contributed by atoms with Gasteiger partial charge in [-0.15, -0.1) is 0 Å². The van der Waals surface area contributed by atoms with Gasteiger partial charge in [0.15, 0.2) is 5.65 Å². The first-order chi connectivity index (χ1) is 16.5. The van der Waals surface area contributed by atoms with Crippen LogP contribution in [0.3, 0.4) is 0 Å².